The van der Waals surface area contributed by atoms with Crippen LogP contribution in [0.3, 0.4) is 0 Å². The second-order valence-electron chi connectivity index (χ2n) is 4.37. The molecule has 0 saturated heterocycles. The summed E-state index contributed by atoms with van der Waals surface area (Å²) in [5.74, 6) is 0. The summed E-state index contributed by atoms with van der Waals surface area (Å²) >= 11 is 0. The van der Waals surface area contributed by atoms with Crippen molar-refractivity contribution in [1.29, 1.82) is 21.0 Å². The van der Waals surface area contributed by atoms with Crippen LogP contribution in [0.5, 0.6) is 0 Å². The lowest BCUT2D eigenvalue weighted by Gasteiger charge is -2.04. The van der Waals surface area contributed by atoms with Gasteiger partial charge in [0.05, 0.1) is 23.3 Å². The lowest BCUT2D eigenvalue weighted by atomic mass is 9.98. The summed E-state index contributed by atoms with van der Waals surface area (Å²) in [7, 11) is 0. The quantitative estimate of drug-likeness (QED) is 0.783. The predicted molar refractivity (Wildman–Crippen MR) is 82.4 cm³/mol. The minimum Gasteiger partial charge on any atom is -0.193 e. The van der Waals surface area contributed by atoms with Gasteiger partial charge in [-0.05, 0) is 34.0 Å². The molecule has 0 aliphatic carbocycles. The fourth-order valence-electron chi connectivity index (χ4n) is 2.07. The van der Waals surface area contributed by atoms with Gasteiger partial charge in [-0.1, -0.05) is 24.3 Å². The van der Waals surface area contributed by atoms with Crippen LogP contribution in [0.1, 0.15) is 11.1 Å². The van der Waals surface area contributed by atoms with E-state index in [0.717, 1.165) is 10.8 Å². The molecule has 0 amide bonds. The third-order valence-corrected chi connectivity index (χ3v) is 3.12. The molecule has 0 bridgehead atoms. The molecule has 0 saturated carbocycles. The molecule has 22 heavy (non-hydrogen) atoms. The minimum absolute atomic E-state index is 0.301. The van der Waals surface area contributed by atoms with E-state index in [9.17, 15) is 0 Å². The van der Waals surface area contributed by atoms with Crippen LogP contribution in [0, 0.1) is 45.3 Å². The van der Waals surface area contributed by atoms with E-state index in [2.05, 4.69) is 0 Å². The van der Waals surface area contributed by atoms with Gasteiger partial charge in [-0.15, -0.1) is 0 Å². The van der Waals surface area contributed by atoms with Gasteiger partial charge >= 0.3 is 0 Å². The molecule has 0 N–H and O–H groups in total. The van der Waals surface area contributed by atoms with Crippen LogP contribution in [0.4, 0.5) is 0 Å². The van der Waals surface area contributed by atoms with Crippen LogP contribution in [0.25, 0.3) is 21.9 Å². The van der Waals surface area contributed by atoms with E-state index >= 15 is 0 Å². The molecule has 0 heterocycles. The second-order valence-corrected chi connectivity index (χ2v) is 4.37. The van der Waals surface area contributed by atoms with E-state index in [4.69, 9.17) is 21.0 Å². The molecule has 0 aliphatic heterocycles. The maximum atomic E-state index is 9.05. The van der Waals surface area contributed by atoms with Gasteiger partial charge in [0, 0.05) is 12.2 Å². The Morgan fingerprint density at radius 1 is 0.682 bits per heavy atom. The Balaban J connectivity index is 2.57. The molecule has 0 spiro atoms. The number of hydrogen-bond donors (Lipinski definition) is 0. The van der Waals surface area contributed by atoms with Gasteiger partial charge in [0.15, 0.2) is 0 Å². The van der Waals surface area contributed by atoms with Gasteiger partial charge in [0.1, 0.15) is 12.1 Å². The summed E-state index contributed by atoms with van der Waals surface area (Å²) in [6.45, 7) is 0. The Labute approximate surface area is 127 Å². The highest BCUT2D eigenvalue weighted by molar-refractivity contribution is 5.92. The lowest BCUT2D eigenvalue weighted by Crippen LogP contribution is -1.85. The van der Waals surface area contributed by atoms with Crippen LogP contribution in [-0.2, 0) is 0 Å². The molecular formula is C18H8N4. The van der Waals surface area contributed by atoms with Crippen LogP contribution < -0.4 is 0 Å². The smallest absolute Gasteiger partial charge is 0.101 e. The number of hydrogen-bond acceptors (Lipinski definition) is 4. The molecular weight excluding hydrogens is 272 g/mol. The summed E-state index contributed by atoms with van der Waals surface area (Å²) in [6.07, 6.45) is 2.41. The number of allylic oxidation sites excluding steroid dienone is 4. The van der Waals surface area contributed by atoms with Crippen molar-refractivity contribution in [3.63, 3.8) is 0 Å². The first kappa shape index (κ1) is 14.5. The molecule has 0 aromatic heterocycles. The van der Waals surface area contributed by atoms with Gasteiger partial charge in [-0.2, -0.15) is 21.0 Å². The van der Waals surface area contributed by atoms with Gasteiger partial charge < -0.3 is 0 Å². The first-order valence-corrected chi connectivity index (χ1v) is 6.28. The largest absolute Gasteiger partial charge is 0.193 e. The zero-order chi connectivity index (χ0) is 15.9. The highest BCUT2D eigenvalue weighted by Crippen LogP contribution is 2.24. The van der Waals surface area contributed by atoms with Crippen LogP contribution in [-0.4, -0.2) is 0 Å². The molecule has 2 aromatic carbocycles. The highest BCUT2D eigenvalue weighted by atomic mass is 14.3. The summed E-state index contributed by atoms with van der Waals surface area (Å²) in [5.41, 5.74) is 1.93. The number of nitriles is 4. The third-order valence-electron chi connectivity index (χ3n) is 3.12. The van der Waals surface area contributed by atoms with Crippen LogP contribution >= 0.6 is 0 Å². The Morgan fingerprint density at radius 3 is 1.41 bits per heavy atom. The third kappa shape index (κ3) is 2.83. The maximum Gasteiger partial charge on any atom is 0.101 e. The zero-order valence-corrected chi connectivity index (χ0v) is 11.4. The van der Waals surface area contributed by atoms with Crippen molar-refractivity contribution < 1.29 is 0 Å². The molecule has 0 radical (unpaired) electrons. The first-order chi connectivity index (χ1) is 10.7. The number of benzene rings is 2. The van der Waals surface area contributed by atoms with Crippen molar-refractivity contribution in [2.45, 2.75) is 0 Å². The summed E-state index contributed by atoms with van der Waals surface area (Å²) in [4.78, 5) is 0. The summed E-state index contributed by atoms with van der Waals surface area (Å²) in [6, 6.07) is 18.4. The highest BCUT2D eigenvalue weighted by Gasteiger charge is 2.05. The number of rotatable bonds is 2. The fourth-order valence-corrected chi connectivity index (χ4v) is 2.07. The predicted octanol–water partition coefficient (Wildman–Crippen LogP) is 3.70. The SMILES string of the molecule is N#C/C=C(\C#N)c1ccc2cc(/C(C#N)=C/C#N)ccc2c1. The zero-order valence-electron chi connectivity index (χ0n) is 11.4. The molecule has 100 valence electrons. The van der Waals surface area contributed by atoms with Crippen molar-refractivity contribution in [2.24, 2.45) is 0 Å². The fraction of sp³-hybridized carbons (Fsp3) is 0. The first-order valence-electron chi connectivity index (χ1n) is 6.28. The molecule has 0 fully saturated rings. The molecule has 2 aromatic rings. The van der Waals surface area contributed by atoms with Crippen molar-refractivity contribution in [3.8, 4) is 24.3 Å². The van der Waals surface area contributed by atoms with E-state index in [1.807, 2.05) is 48.5 Å². The standard InChI is InChI=1S/C18H8N4/c19-7-5-17(11-21)15-3-1-13-9-16(4-2-14(13)10-15)18(12-22)6-8-20/h1-6,9-10H/b17-5+,18-6+. The molecule has 2 rings (SSSR count). The van der Waals surface area contributed by atoms with Crippen molar-refractivity contribution in [2.75, 3.05) is 0 Å². The van der Waals surface area contributed by atoms with E-state index in [1.165, 1.54) is 12.2 Å². The number of nitrogens with zero attached hydrogens (tertiary/aromatic N) is 4. The molecule has 0 aliphatic rings. The Morgan fingerprint density at radius 2 is 1.09 bits per heavy atom. The van der Waals surface area contributed by atoms with Gasteiger partial charge in [0.2, 0.25) is 0 Å². The molecule has 0 unspecified atom stereocenters. The Bertz CT molecular complexity index is 886. The maximum absolute atomic E-state index is 9.05. The van der Waals surface area contributed by atoms with E-state index in [-0.39, 0.29) is 0 Å². The monoisotopic (exact) mass is 280 g/mol. The van der Waals surface area contributed by atoms with E-state index < -0.39 is 0 Å². The minimum atomic E-state index is 0.301. The average molecular weight is 280 g/mol. The normalized spacial score (nSPS) is 11.1. The Hall–Kier alpha value is -3.86. The van der Waals surface area contributed by atoms with Crippen LogP contribution in [0.15, 0.2) is 48.6 Å². The summed E-state index contributed by atoms with van der Waals surface area (Å²) < 4.78 is 0. The van der Waals surface area contributed by atoms with Gasteiger partial charge in [0.25, 0.3) is 0 Å². The number of fused-ring (bicyclic) bond motifs is 1. The van der Waals surface area contributed by atoms with Crippen molar-refractivity contribution in [1.82, 2.24) is 0 Å². The average Bonchev–Trinajstić information content (AvgIpc) is 2.56. The molecule has 4 nitrogen and oxygen atoms in total. The molecule has 0 atom stereocenters. The topological polar surface area (TPSA) is 95.2 Å². The van der Waals surface area contributed by atoms with Gasteiger partial charge in [-0.25, -0.2) is 0 Å². The van der Waals surface area contributed by atoms with E-state index in [1.54, 1.807) is 12.1 Å². The lowest BCUT2D eigenvalue weighted by molar-refractivity contribution is 1.50. The summed E-state index contributed by atoms with van der Waals surface area (Å²) in [5, 5.41) is 37.2. The van der Waals surface area contributed by atoms with Crippen molar-refractivity contribution >= 4 is 21.9 Å². The Kier molecular flexibility index (Phi) is 4.32. The van der Waals surface area contributed by atoms with Gasteiger partial charge in [-0.3, -0.25) is 0 Å². The van der Waals surface area contributed by atoms with E-state index in [0.29, 0.717) is 22.3 Å². The second kappa shape index (κ2) is 6.53. The van der Waals surface area contributed by atoms with Crippen molar-refractivity contribution in [3.05, 3.63) is 59.7 Å². The van der Waals surface area contributed by atoms with Crippen LogP contribution in [0.2, 0.25) is 0 Å². The molecule has 4 heteroatoms.